The fourth-order valence-electron chi connectivity index (χ4n) is 2.94. The maximum atomic E-state index is 11.8. The van der Waals surface area contributed by atoms with Gasteiger partial charge in [0.2, 0.25) is 6.79 Å². The Bertz CT molecular complexity index is 723. The van der Waals surface area contributed by atoms with Crippen molar-refractivity contribution in [1.82, 2.24) is 0 Å². The highest BCUT2D eigenvalue weighted by atomic mass is 79.9. The Labute approximate surface area is 143 Å². The summed E-state index contributed by atoms with van der Waals surface area (Å²) in [5, 5.41) is 2.04. The number of rotatable bonds is 8. The van der Waals surface area contributed by atoms with E-state index >= 15 is 0 Å². The number of aryl methyl sites for hydroxylation is 1. The zero-order valence-corrected chi connectivity index (χ0v) is 14.7. The third-order valence-electron chi connectivity index (χ3n) is 4.15. The van der Waals surface area contributed by atoms with Gasteiger partial charge in [-0.3, -0.25) is 0 Å². The van der Waals surface area contributed by atoms with Gasteiger partial charge in [-0.2, -0.15) is 0 Å². The molecule has 0 saturated carbocycles. The molecule has 124 valence electrons. The van der Waals surface area contributed by atoms with Crippen LogP contribution in [-0.2, 0) is 6.42 Å². The summed E-state index contributed by atoms with van der Waals surface area (Å²) < 4.78 is 16.1. The van der Waals surface area contributed by atoms with Gasteiger partial charge in [-0.25, -0.2) is 4.79 Å². The van der Waals surface area contributed by atoms with E-state index in [9.17, 15) is 4.79 Å². The Hall–Kier alpha value is -1.49. The Kier molecular flexibility index (Phi) is 5.60. The quantitative estimate of drug-likeness (QED) is 0.374. The van der Waals surface area contributed by atoms with Crippen molar-refractivity contribution in [2.75, 3.05) is 12.1 Å². The summed E-state index contributed by atoms with van der Waals surface area (Å²) in [4.78, 5) is 11.8. The largest absolute Gasteiger partial charge is 0.454 e. The molecule has 1 aliphatic rings. The van der Waals surface area contributed by atoms with E-state index in [0.29, 0.717) is 11.3 Å². The number of alkyl halides is 1. The standard InChI is InChI=1S/C18H21BrO4/c19-8-6-4-2-1-3-5-7-13-9-18(20)23-15-11-17-16(10-14(13)15)21-12-22-17/h9-11H,1-8,12H2. The van der Waals surface area contributed by atoms with Crippen LogP contribution in [0.1, 0.15) is 44.1 Å². The number of halogens is 1. The topological polar surface area (TPSA) is 48.7 Å². The molecule has 2 aromatic rings. The first kappa shape index (κ1) is 16.4. The van der Waals surface area contributed by atoms with Crippen LogP contribution in [0.15, 0.2) is 27.4 Å². The van der Waals surface area contributed by atoms with E-state index in [1.54, 1.807) is 12.1 Å². The van der Waals surface area contributed by atoms with Crippen molar-refractivity contribution >= 4 is 26.9 Å². The molecule has 23 heavy (non-hydrogen) atoms. The first-order valence-electron chi connectivity index (χ1n) is 8.20. The van der Waals surface area contributed by atoms with Gasteiger partial charge in [0.15, 0.2) is 11.5 Å². The van der Waals surface area contributed by atoms with Gasteiger partial charge in [0, 0.05) is 22.8 Å². The summed E-state index contributed by atoms with van der Waals surface area (Å²) >= 11 is 3.46. The number of hydrogen-bond acceptors (Lipinski definition) is 4. The molecule has 3 rings (SSSR count). The minimum Gasteiger partial charge on any atom is -0.454 e. The average molecular weight is 381 g/mol. The van der Waals surface area contributed by atoms with Crippen molar-refractivity contribution in [2.24, 2.45) is 0 Å². The molecule has 0 radical (unpaired) electrons. The highest BCUT2D eigenvalue weighted by Crippen LogP contribution is 2.36. The van der Waals surface area contributed by atoms with Crippen molar-refractivity contribution in [3.8, 4) is 11.5 Å². The number of unbranched alkanes of at least 4 members (excludes halogenated alkanes) is 5. The molecule has 1 aliphatic heterocycles. The third-order valence-corrected chi connectivity index (χ3v) is 4.71. The first-order valence-corrected chi connectivity index (χ1v) is 9.32. The monoisotopic (exact) mass is 380 g/mol. The molecule has 0 atom stereocenters. The second kappa shape index (κ2) is 7.86. The predicted molar refractivity (Wildman–Crippen MR) is 93.8 cm³/mol. The average Bonchev–Trinajstić information content (AvgIpc) is 2.99. The third kappa shape index (κ3) is 4.08. The van der Waals surface area contributed by atoms with Gasteiger partial charge in [-0.15, -0.1) is 0 Å². The van der Waals surface area contributed by atoms with Crippen LogP contribution in [-0.4, -0.2) is 12.1 Å². The van der Waals surface area contributed by atoms with E-state index in [2.05, 4.69) is 15.9 Å². The predicted octanol–water partition coefficient (Wildman–Crippen LogP) is 4.80. The van der Waals surface area contributed by atoms with E-state index in [0.717, 1.165) is 34.9 Å². The van der Waals surface area contributed by atoms with Crippen LogP contribution in [0.3, 0.4) is 0 Å². The fourth-order valence-corrected chi connectivity index (χ4v) is 3.34. The molecule has 0 saturated heterocycles. The lowest BCUT2D eigenvalue weighted by atomic mass is 10.0. The summed E-state index contributed by atoms with van der Waals surface area (Å²) in [7, 11) is 0. The number of ether oxygens (including phenoxy) is 2. The SMILES string of the molecule is O=c1cc(CCCCCCCCBr)c2cc3c(cc2o1)OCO3. The smallest absolute Gasteiger partial charge is 0.336 e. The van der Waals surface area contributed by atoms with Crippen LogP contribution in [0, 0.1) is 0 Å². The fraction of sp³-hybridized carbons (Fsp3) is 0.500. The van der Waals surface area contributed by atoms with Gasteiger partial charge in [0.05, 0.1) is 0 Å². The number of benzene rings is 1. The molecule has 5 heteroatoms. The Morgan fingerprint density at radius 1 is 0.913 bits per heavy atom. The lowest BCUT2D eigenvalue weighted by Gasteiger charge is -2.07. The lowest BCUT2D eigenvalue weighted by molar-refractivity contribution is 0.174. The Balaban J connectivity index is 1.67. The van der Waals surface area contributed by atoms with Gasteiger partial charge < -0.3 is 13.9 Å². The molecule has 0 fully saturated rings. The van der Waals surface area contributed by atoms with Crippen molar-refractivity contribution in [3.05, 3.63) is 34.2 Å². The molecule has 2 heterocycles. The van der Waals surface area contributed by atoms with E-state index in [-0.39, 0.29) is 12.4 Å². The van der Waals surface area contributed by atoms with Gasteiger partial charge in [-0.1, -0.05) is 41.6 Å². The van der Waals surface area contributed by atoms with Crippen LogP contribution in [0.25, 0.3) is 11.0 Å². The molecule has 0 unspecified atom stereocenters. The van der Waals surface area contributed by atoms with Crippen LogP contribution in [0.5, 0.6) is 11.5 Å². The van der Waals surface area contributed by atoms with E-state index in [1.807, 2.05) is 6.07 Å². The normalized spacial score (nSPS) is 12.9. The molecule has 1 aromatic carbocycles. The second-order valence-corrected chi connectivity index (χ2v) is 6.65. The summed E-state index contributed by atoms with van der Waals surface area (Å²) in [6.07, 6.45) is 8.22. The van der Waals surface area contributed by atoms with Gasteiger partial charge in [-0.05, 0) is 30.9 Å². The van der Waals surface area contributed by atoms with Crippen molar-refractivity contribution in [1.29, 1.82) is 0 Å². The maximum absolute atomic E-state index is 11.8. The van der Waals surface area contributed by atoms with Crippen molar-refractivity contribution < 1.29 is 13.9 Å². The number of hydrogen-bond donors (Lipinski definition) is 0. The van der Waals surface area contributed by atoms with Crippen LogP contribution < -0.4 is 15.1 Å². The molecule has 4 nitrogen and oxygen atoms in total. The molecule has 0 bridgehead atoms. The van der Waals surface area contributed by atoms with Crippen molar-refractivity contribution in [2.45, 2.75) is 44.9 Å². The highest BCUT2D eigenvalue weighted by Gasteiger charge is 2.17. The summed E-state index contributed by atoms with van der Waals surface area (Å²) in [6, 6.07) is 5.28. The van der Waals surface area contributed by atoms with Crippen LogP contribution >= 0.6 is 15.9 Å². The van der Waals surface area contributed by atoms with Crippen LogP contribution in [0.4, 0.5) is 0 Å². The molecular weight excluding hydrogens is 360 g/mol. The number of fused-ring (bicyclic) bond motifs is 2. The molecule has 0 amide bonds. The van der Waals surface area contributed by atoms with Crippen LogP contribution in [0.2, 0.25) is 0 Å². The summed E-state index contributed by atoms with van der Waals surface area (Å²) in [5.41, 5.74) is 1.31. The Morgan fingerprint density at radius 3 is 2.39 bits per heavy atom. The molecule has 0 spiro atoms. The zero-order valence-electron chi connectivity index (χ0n) is 13.1. The lowest BCUT2D eigenvalue weighted by Crippen LogP contribution is -2.01. The molecular formula is C18H21BrO4. The van der Waals surface area contributed by atoms with Gasteiger partial charge >= 0.3 is 5.63 Å². The molecule has 0 N–H and O–H groups in total. The van der Waals surface area contributed by atoms with Crippen molar-refractivity contribution in [3.63, 3.8) is 0 Å². The maximum Gasteiger partial charge on any atom is 0.336 e. The molecule has 0 aliphatic carbocycles. The first-order chi connectivity index (χ1) is 11.3. The minimum atomic E-state index is -0.302. The summed E-state index contributed by atoms with van der Waals surface area (Å²) in [6.45, 7) is 0.222. The second-order valence-electron chi connectivity index (χ2n) is 5.85. The van der Waals surface area contributed by atoms with Gasteiger partial charge in [0.1, 0.15) is 5.58 Å². The van der Waals surface area contributed by atoms with E-state index in [4.69, 9.17) is 13.9 Å². The minimum absolute atomic E-state index is 0.222. The highest BCUT2D eigenvalue weighted by molar-refractivity contribution is 9.09. The molecule has 1 aromatic heterocycles. The van der Waals surface area contributed by atoms with E-state index < -0.39 is 0 Å². The Morgan fingerprint density at radius 2 is 1.61 bits per heavy atom. The van der Waals surface area contributed by atoms with E-state index in [1.165, 1.54) is 32.1 Å². The van der Waals surface area contributed by atoms with Gasteiger partial charge in [0.25, 0.3) is 0 Å². The zero-order chi connectivity index (χ0) is 16.1. The summed E-state index contributed by atoms with van der Waals surface area (Å²) in [5.74, 6) is 1.37.